The molecule has 0 aromatic rings. The summed E-state index contributed by atoms with van der Waals surface area (Å²) in [5.74, 6) is 0.711. The van der Waals surface area contributed by atoms with Gasteiger partial charge in [0, 0.05) is 19.0 Å². The Labute approximate surface area is 102 Å². The van der Waals surface area contributed by atoms with Crippen LogP contribution in [0.2, 0.25) is 0 Å². The normalized spacial score (nSPS) is 27.4. The molecule has 1 unspecified atom stereocenters. The second kappa shape index (κ2) is 4.12. The van der Waals surface area contributed by atoms with Gasteiger partial charge < -0.3 is 5.11 Å². The molecule has 1 heterocycles. The van der Waals surface area contributed by atoms with Crippen LogP contribution < -0.4 is 0 Å². The van der Waals surface area contributed by atoms with E-state index < -0.39 is 15.6 Å². The molecule has 6 heteroatoms. The second-order valence-corrected chi connectivity index (χ2v) is 7.51. The molecule has 1 saturated carbocycles. The molecule has 1 atom stereocenters. The van der Waals surface area contributed by atoms with Crippen LogP contribution in [0.15, 0.2) is 0 Å². The summed E-state index contributed by atoms with van der Waals surface area (Å²) in [6.45, 7) is 2.36. The predicted octanol–water partition coefficient (Wildman–Crippen LogP) is 0.648. The smallest absolute Gasteiger partial charge is 0.214 e. The van der Waals surface area contributed by atoms with Gasteiger partial charge in [-0.2, -0.15) is 4.31 Å². The lowest BCUT2D eigenvalue weighted by Gasteiger charge is -2.46. The molecular formula is C10H18ClNO3S. The van der Waals surface area contributed by atoms with E-state index >= 15 is 0 Å². The first-order valence-electron chi connectivity index (χ1n) is 5.63. The van der Waals surface area contributed by atoms with Crippen molar-refractivity contribution in [1.29, 1.82) is 0 Å². The Morgan fingerprint density at radius 1 is 1.50 bits per heavy atom. The summed E-state index contributed by atoms with van der Waals surface area (Å²) >= 11 is 5.61. The Hall–Kier alpha value is 0.160. The van der Waals surface area contributed by atoms with Gasteiger partial charge in [0.05, 0.1) is 11.4 Å². The zero-order valence-corrected chi connectivity index (χ0v) is 11.0. The molecule has 1 aliphatic heterocycles. The van der Waals surface area contributed by atoms with E-state index in [-0.39, 0.29) is 24.8 Å². The number of β-amino-alcohol motifs (C(OH)–C–C–N with tert-alkyl or cyclic N) is 1. The van der Waals surface area contributed by atoms with Gasteiger partial charge in [-0.3, -0.25) is 0 Å². The highest BCUT2D eigenvalue weighted by atomic mass is 35.5. The number of hydrogen-bond acceptors (Lipinski definition) is 3. The van der Waals surface area contributed by atoms with Crippen LogP contribution in [0.25, 0.3) is 0 Å². The molecule has 0 aromatic carbocycles. The van der Waals surface area contributed by atoms with Gasteiger partial charge in [-0.15, -0.1) is 11.6 Å². The molecule has 0 aromatic heterocycles. The molecule has 4 nitrogen and oxygen atoms in total. The van der Waals surface area contributed by atoms with Crippen molar-refractivity contribution in [1.82, 2.24) is 4.31 Å². The minimum atomic E-state index is -3.22. The molecule has 2 fully saturated rings. The van der Waals surface area contributed by atoms with Crippen LogP contribution in [0.3, 0.4) is 0 Å². The van der Waals surface area contributed by atoms with Crippen LogP contribution in [0.1, 0.15) is 19.8 Å². The Balaban J connectivity index is 1.90. The molecule has 2 rings (SSSR count). The third kappa shape index (κ3) is 2.37. The van der Waals surface area contributed by atoms with Crippen molar-refractivity contribution in [3.05, 3.63) is 0 Å². The number of alkyl halides is 1. The van der Waals surface area contributed by atoms with E-state index in [2.05, 4.69) is 0 Å². The maximum atomic E-state index is 11.9. The van der Waals surface area contributed by atoms with Gasteiger partial charge in [0.25, 0.3) is 0 Å². The molecule has 0 radical (unpaired) electrons. The first-order chi connectivity index (χ1) is 7.37. The summed E-state index contributed by atoms with van der Waals surface area (Å²) in [5, 5.41) is 10.0. The Kier molecular flexibility index (Phi) is 3.25. The van der Waals surface area contributed by atoms with Gasteiger partial charge in [0.1, 0.15) is 0 Å². The van der Waals surface area contributed by atoms with Crippen LogP contribution in [0, 0.1) is 11.8 Å². The van der Waals surface area contributed by atoms with E-state index in [0.717, 1.165) is 12.8 Å². The monoisotopic (exact) mass is 267 g/mol. The lowest BCUT2D eigenvalue weighted by molar-refractivity contribution is -0.0765. The summed E-state index contributed by atoms with van der Waals surface area (Å²) in [6, 6.07) is 0. The molecule has 1 aliphatic carbocycles. The highest BCUT2D eigenvalue weighted by Crippen LogP contribution is 2.45. The number of halogens is 1. The van der Waals surface area contributed by atoms with Crippen molar-refractivity contribution >= 4 is 21.6 Å². The molecule has 0 spiro atoms. The van der Waals surface area contributed by atoms with Crippen molar-refractivity contribution in [2.24, 2.45) is 11.8 Å². The van der Waals surface area contributed by atoms with E-state index in [1.807, 2.05) is 6.92 Å². The molecule has 1 N–H and O–H groups in total. The van der Waals surface area contributed by atoms with Crippen LogP contribution in [-0.4, -0.2) is 48.2 Å². The Morgan fingerprint density at radius 2 is 2.06 bits per heavy atom. The Bertz CT molecular complexity index is 360. The fraction of sp³-hybridized carbons (Fsp3) is 1.00. The van der Waals surface area contributed by atoms with Crippen LogP contribution in [-0.2, 0) is 10.0 Å². The van der Waals surface area contributed by atoms with E-state index in [4.69, 9.17) is 11.6 Å². The first-order valence-corrected chi connectivity index (χ1v) is 7.78. The van der Waals surface area contributed by atoms with E-state index in [1.165, 1.54) is 4.31 Å². The van der Waals surface area contributed by atoms with Crippen molar-refractivity contribution < 1.29 is 13.5 Å². The minimum Gasteiger partial charge on any atom is -0.387 e. The highest BCUT2D eigenvalue weighted by Gasteiger charge is 2.54. The molecule has 94 valence electrons. The molecular weight excluding hydrogens is 250 g/mol. The van der Waals surface area contributed by atoms with Crippen LogP contribution >= 0.6 is 11.6 Å². The van der Waals surface area contributed by atoms with Gasteiger partial charge in [-0.1, -0.05) is 6.92 Å². The molecule has 16 heavy (non-hydrogen) atoms. The second-order valence-electron chi connectivity index (χ2n) is 5.18. The summed E-state index contributed by atoms with van der Waals surface area (Å²) in [5.41, 5.74) is -0.739. The van der Waals surface area contributed by atoms with Crippen molar-refractivity contribution in [3.8, 4) is 0 Å². The number of nitrogens with zero attached hydrogens (tertiary/aromatic N) is 1. The maximum absolute atomic E-state index is 11.9. The number of rotatable bonds is 5. The minimum absolute atomic E-state index is 0.0405. The topological polar surface area (TPSA) is 57.6 Å². The third-order valence-electron chi connectivity index (χ3n) is 3.39. The average Bonchev–Trinajstić information content (AvgIpc) is 2.95. The fourth-order valence-corrected chi connectivity index (χ4v) is 4.28. The van der Waals surface area contributed by atoms with Gasteiger partial charge >= 0.3 is 0 Å². The third-order valence-corrected chi connectivity index (χ3v) is 5.95. The van der Waals surface area contributed by atoms with E-state index in [0.29, 0.717) is 11.8 Å². The summed E-state index contributed by atoms with van der Waals surface area (Å²) in [7, 11) is -3.22. The SMILES string of the molecule is CC(CCl)CS(=O)(=O)N1CC(O)(C2CC2)C1. The van der Waals surface area contributed by atoms with Crippen LogP contribution in [0.5, 0.6) is 0 Å². The summed E-state index contributed by atoms with van der Waals surface area (Å²) in [4.78, 5) is 0. The van der Waals surface area contributed by atoms with Gasteiger partial charge in [0.15, 0.2) is 0 Å². The van der Waals surface area contributed by atoms with Gasteiger partial charge in [-0.05, 0) is 24.7 Å². The number of aliphatic hydroxyl groups is 1. The predicted molar refractivity (Wildman–Crippen MR) is 62.9 cm³/mol. The highest BCUT2D eigenvalue weighted by molar-refractivity contribution is 7.89. The average molecular weight is 268 g/mol. The molecule has 1 saturated heterocycles. The maximum Gasteiger partial charge on any atom is 0.214 e. The zero-order valence-electron chi connectivity index (χ0n) is 9.39. The lowest BCUT2D eigenvalue weighted by Crippen LogP contribution is -2.65. The summed E-state index contributed by atoms with van der Waals surface area (Å²) < 4.78 is 25.1. The van der Waals surface area contributed by atoms with Crippen molar-refractivity contribution in [2.45, 2.75) is 25.4 Å². The number of sulfonamides is 1. The van der Waals surface area contributed by atoms with Gasteiger partial charge in [-0.25, -0.2) is 8.42 Å². The molecule has 0 bridgehead atoms. The van der Waals surface area contributed by atoms with E-state index in [9.17, 15) is 13.5 Å². The van der Waals surface area contributed by atoms with Gasteiger partial charge in [0.2, 0.25) is 10.0 Å². The first kappa shape index (κ1) is 12.6. The largest absolute Gasteiger partial charge is 0.387 e. The molecule has 0 amide bonds. The Morgan fingerprint density at radius 3 is 2.50 bits per heavy atom. The van der Waals surface area contributed by atoms with Crippen molar-refractivity contribution in [3.63, 3.8) is 0 Å². The quantitative estimate of drug-likeness (QED) is 0.744. The van der Waals surface area contributed by atoms with E-state index in [1.54, 1.807) is 0 Å². The zero-order chi connectivity index (χ0) is 12.0. The number of hydrogen-bond donors (Lipinski definition) is 1. The molecule has 2 aliphatic rings. The standard InChI is InChI=1S/C10H18ClNO3S/c1-8(4-11)5-16(14,15)12-6-10(13,7-12)9-2-3-9/h8-9,13H,2-7H2,1H3. The lowest BCUT2D eigenvalue weighted by atomic mass is 9.91. The van der Waals surface area contributed by atoms with Crippen LogP contribution in [0.4, 0.5) is 0 Å². The summed E-state index contributed by atoms with van der Waals surface area (Å²) in [6.07, 6.45) is 2.06. The van der Waals surface area contributed by atoms with Crippen molar-refractivity contribution in [2.75, 3.05) is 24.7 Å². The fourth-order valence-electron chi connectivity index (χ4n) is 2.15.